The van der Waals surface area contributed by atoms with Crippen LogP contribution < -0.4 is 5.73 Å². The Kier molecular flexibility index (Phi) is 4.53. The van der Waals surface area contributed by atoms with Crippen molar-refractivity contribution in [3.8, 4) is 0 Å². The van der Waals surface area contributed by atoms with E-state index in [2.05, 4.69) is 18.7 Å². The van der Waals surface area contributed by atoms with Crippen LogP contribution in [0.5, 0.6) is 0 Å². The molecular formula is C15H22F2N2. The number of piperidine rings is 1. The Bertz CT molecular complexity index is 426. The average molecular weight is 268 g/mol. The second-order valence-corrected chi connectivity index (χ2v) is 5.60. The van der Waals surface area contributed by atoms with Crippen LogP contribution in [0.1, 0.15) is 44.7 Å². The van der Waals surface area contributed by atoms with Gasteiger partial charge in [0.15, 0.2) is 0 Å². The van der Waals surface area contributed by atoms with Crippen molar-refractivity contribution in [3.63, 3.8) is 0 Å². The third-order valence-corrected chi connectivity index (χ3v) is 4.15. The number of likely N-dealkylation sites (tertiary alicyclic amines) is 1. The molecule has 1 heterocycles. The fourth-order valence-electron chi connectivity index (χ4n) is 2.96. The second-order valence-electron chi connectivity index (χ2n) is 5.60. The summed E-state index contributed by atoms with van der Waals surface area (Å²) in [5.74, 6) is -1.11. The smallest absolute Gasteiger partial charge is 0.130 e. The molecule has 106 valence electrons. The summed E-state index contributed by atoms with van der Waals surface area (Å²) in [5, 5.41) is 0. The molecule has 1 saturated heterocycles. The SMILES string of the molecule is CC1CCCC(C)N1CC(N)c1ccc(F)cc1F. The van der Waals surface area contributed by atoms with Crippen LogP contribution in [0.2, 0.25) is 0 Å². The van der Waals surface area contributed by atoms with Gasteiger partial charge in [-0.25, -0.2) is 8.78 Å². The molecule has 0 spiro atoms. The first kappa shape index (κ1) is 14.4. The van der Waals surface area contributed by atoms with Gasteiger partial charge in [-0.15, -0.1) is 0 Å². The zero-order chi connectivity index (χ0) is 14.0. The van der Waals surface area contributed by atoms with Crippen LogP contribution in [-0.2, 0) is 0 Å². The van der Waals surface area contributed by atoms with E-state index >= 15 is 0 Å². The highest BCUT2D eigenvalue weighted by molar-refractivity contribution is 5.22. The molecule has 1 aromatic rings. The lowest BCUT2D eigenvalue weighted by Gasteiger charge is -2.40. The van der Waals surface area contributed by atoms with Gasteiger partial charge < -0.3 is 5.73 Å². The minimum absolute atomic E-state index is 0.395. The van der Waals surface area contributed by atoms with Crippen LogP contribution in [-0.4, -0.2) is 23.5 Å². The van der Waals surface area contributed by atoms with E-state index in [9.17, 15) is 8.78 Å². The van der Waals surface area contributed by atoms with Crippen LogP contribution in [0.15, 0.2) is 18.2 Å². The molecule has 19 heavy (non-hydrogen) atoms. The standard InChI is InChI=1S/C15H22F2N2/c1-10-4-3-5-11(2)19(10)9-15(18)13-7-6-12(16)8-14(13)17/h6-8,10-11,15H,3-5,9,18H2,1-2H3. The van der Waals surface area contributed by atoms with E-state index in [1.807, 2.05) is 0 Å². The summed E-state index contributed by atoms with van der Waals surface area (Å²) < 4.78 is 26.6. The van der Waals surface area contributed by atoms with Crippen molar-refractivity contribution in [2.75, 3.05) is 6.54 Å². The fourth-order valence-corrected chi connectivity index (χ4v) is 2.96. The first-order valence-corrected chi connectivity index (χ1v) is 6.95. The monoisotopic (exact) mass is 268 g/mol. The van der Waals surface area contributed by atoms with Gasteiger partial charge in [0.25, 0.3) is 0 Å². The molecule has 0 amide bonds. The number of nitrogens with two attached hydrogens (primary N) is 1. The molecule has 1 fully saturated rings. The summed E-state index contributed by atoms with van der Waals surface area (Å²) >= 11 is 0. The maximum atomic E-state index is 13.7. The van der Waals surface area contributed by atoms with Gasteiger partial charge in [0.2, 0.25) is 0 Å². The number of nitrogens with zero attached hydrogens (tertiary/aromatic N) is 1. The van der Waals surface area contributed by atoms with Crippen LogP contribution >= 0.6 is 0 Å². The molecule has 0 aliphatic carbocycles. The van der Waals surface area contributed by atoms with Crippen LogP contribution in [0.25, 0.3) is 0 Å². The number of halogens is 2. The van der Waals surface area contributed by atoms with Gasteiger partial charge in [-0.05, 0) is 32.8 Å². The van der Waals surface area contributed by atoms with Gasteiger partial charge in [-0.1, -0.05) is 12.5 Å². The van der Waals surface area contributed by atoms with Crippen LogP contribution in [0.4, 0.5) is 8.78 Å². The molecule has 2 nitrogen and oxygen atoms in total. The molecule has 1 aliphatic heterocycles. The number of benzene rings is 1. The van der Waals surface area contributed by atoms with Gasteiger partial charge in [-0.3, -0.25) is 4.90 Å². The molecule has 0 saturated carbocycles. The van der Waals surface area contributed by atoms with E-state index in [4.69, 9.17) is 5.73 Å². The Morgan fingerprint density at radius 2 is 1.89 bits per heavy atom. The van der Waals surface area contributed by atoms with Crippen LogP contribution in [0.3, 0.4) is 0 Å². The van der Waals surface area contributed by atoms with Crippen LogP contribution in [0, 0.1) is 11.6 Å². The van der Waals surface area contributed by atoms with E-state index in [1.165, 1.54) is 18.6 Å². The van der Waals surface area contributed by atoms with Crippen molar-refractivity contribution >= 4 is 0 Å². The Hall–Kier alpha value is -1.00. The summed E-state index contributed by atoms with van der Waals surface area (Å²) in [7, 11) is 0. The lowest BCUT2D eigenvalue weighted by atomic mass is 9.95. The van der Waals surface area contributed by atoms with Crippen molar-refractivity contribution in [2.45, 2.75) is 51.2 Å². The lowest BCUT2D eigenvalue weighted by Crippen LogP contribution is -2.46. The molecule has 1 aliphatic rings. The van der Waals surface area contributed by atoms with E-state index < -0.39 is 17.7 Å². The predicted octanol–water partition coefficient (Wildman–Crippen LogP) is 3.23. The Morgan fingerprint density at radius 1 is 1.26 bits per heavy atom. The molecule has 2 N–H and O–H groups in total. The molecule has 4 heteroatoms. The largest absolute Gasteiger partial charge is 0.323 e. The Labute approximate surface area is 113 Å². The van der Waals surface area contributed by atoms with Gasteiger partial charge >= 0.3 is 0 Å². The zero-order valence-corrected chi connectivity index (χ0v) is 11.6. The van der Waals surface area contributed by atoms with Gasteiger partial charge in [-0.2, -0.15) is 0 Å². The van der Waals surface area contributed by atoms with Crippen molar-refractivity contribution < 1.29 is 8.78 Å². The van der Waals surface area contributed by atoms with Gasteiger partial charge in [0, 0.05) is 36.3 Å². The second kappa shape index (κ2) is 5.97. The zero-order valence-electron chi connectivity index (χ0n) is 11.6. The van der Waals surface area contributed by atoms with E-state index in [0.29, 0.717) is 24.2 Å². The minimum Gasteiger partial charge on any atom is -0.323 e. The average Bonchev–Trinajstić information content (AvgIpc) is 2.33. The van der Waals surface area contributed by atoms with Crippen molar-refractivity contribution in [1.82, 2.24) is 4.90 Å². The van der Waals surface area contributed by atoms with Crippen molar-refractivity contribution in [3.05, 3.63) is 35.4 Å². The molecule has 0 aromatic heterocycles. The quantitative estimate of drug-likeness (QED) is 0.912. The number of rotatable bonds is 3. The third kappa shape index (κ3) is 3.31. The molecule has 0 radical (unpaired) electrons. The van der Waals surface area contributed by atoms with E-state index in [-0.39, 0.29) is 0 Å². The maximum Gasteiger partial charge on any atom is 0.130 e. The number of hydrogen-bond donors (Lipinski definition) is 1. The van der Waals surface area contributed by atoms with Gasteiger partial charge in [0.1, 0.15) is 11.6 Å². The summed E-state index contributed by atoms with van der Waals surface area (Å²) in [6.45, 7) is 4.98. The van der Waals surface area contributed by atoms with Crippen molar-refractivity contribution in [1.29, 1.82) is 0 Å². The summed E-state index contributed by atoms with van der Waals surface area (Å²) in [5.41, 5.74) is 6.49. The highest BCUT2D eigenvalue weighted by atomic mass is 19.1. The minimum atomic E-state index is -0.562. The van der Waals surface area contributed by atoms with E-state index in [0.717, 1.165) is 18.9 Å². The highest BCUT2D eigenvalue weighted by Crippen LogP contribution is 2.25. The van der Waals surface area contributed by atoms with Crippen molar-refractivity contribution in [2.24, 2.45) is 5.73 Å². The molecule has 0 bridgehead atoms. The first-order chi connectivity index (χ1) is 8.99. The summed E-state index contributed by atoms with van der Waals surface area (Å²) in [4.78, 5) is 2.33. The Balaban J connectivity index is 2.09. The third-order valence-electron chi connectivity index (χ3n) is 4.15. The van der Waals surface area contributed by atoms with E-state index in [1.54, 1.807) is 0 Å². The number of hydrogen-bond acceptors (Lipinski definition) is 2. The molecule has 1 aromatic carbocycles. The molecular weight excluding hydrogens is 246 g/mol. The lowest BCUT2D eigenvalue weighted by molar-refractivity contribution is 0.0957. The topological polar surface area (TPSA) is 29.3 Å². The first-order valence-electron chi connectivity index (χ1n) is 6.95. The van der Waals surface area contributed by atoms with Gasteiger partial charge in [0.05, 0.1) is 0 Å². The Morgan fingerprint density at radius 3 is 2.47 bits per heavy atom. The predicted molar refractivity (Wildman–Crippen MR) is 72.8 cm³/mol. The highest BCUT2D eigenvalue weighted by Gasteiger charge is 2.27. The summed E-state index contributed by atoms with van der Waals surface area (Å²) in [6, 6.07) is 4.15. The molecule has 3 atom stereocenters. The molecule has 2 rings (SSSR count). The molecule has 3 unspecified atom stereocenters. The maximum absolute atomic E-state index is 13.7. The summed E-state index contributed by atoms with van der Waals surface area (Å²) in [6.07, 6.45) is 3.55. The normalized spacial score (nSPS) is 26.4. The fraction of sp³-hybridized carbons (Fsp3) is 0.600.